The minimum Gasteiger partial charge on any atom is -0.363 e. The lowest BCUT2D eigenvalue weighted by Crippen LogP contribution is -2.59. The Morgan fingerprint density at radius 2 is 2.00 bits per heavy atom. The number of amides is 1. The van der Waals surface area contributed by atoms with Crippen molar-refractivity contribution in [3.8, 4) is 0 Å². The van der Waals surface area contributed by atoms with E-state index < -0.39 is 0 Å². The summed E-state index contributed by atoms with van der Waals surface area (Å²) in [7, 11) is 1.86. The topological polar surface area (TPSA) is 41.6 Å². The lowest BCUT2D eigenvalue weighted by molar-refractivity contribution is -0.144. The molecule has 0 saturated carbocycles. The molecular weight excluding hydrogens is 264 g/mol. The van der Waals surface area contributed by atoms with Crippen LogP contribution in [0.4, 0.5) is 0 Å². The van der Waals surface area contributed by atoms with Crippen molar-refractivity contribution in [1.29, 1.82) is 0 Å². The van der Waals surface area contributed by atoms with Gasteiger partial charge >= 0.3 is 0 Å². The number of nitrogens with zero attached hydrogens (tertiary/aromatic N) is 1. The molecule has 4 heteroatoms. The number of ether oxygens (including phenoxy) is 1. The standard InChI is InChI=1S/C17H26N2O2/c1-17(13-18-14-17)21-12-16(20)19(2)11-7-6-10-15-8-4-3-5-9-15/h3-5,8-9,18H,6-7,10-14H2,1-2H3. The summed E-state index contributed by atoms with van der Waals surface area (Å²) in [4.78, 5) is 13.8. The van der Waals surface area contributed by atoms with E-state index in [1.165, 1.54) is 5.56 Å². The monoisotopic (exact) mass is 290 g/mol. The zero-order valence-electron chi connectivity index (χ0n) is 13.1. The SMILES string of the molecule is CN(CCCCc1ccccc1)C(=O)COC1(C)CNC1. The Morgan fingerprint density at radius 3 is 2.62 bits per heavy atom. The summed E-state index contributed by atoms with van der Waals surface area (Å²) >= 11 is 0. The number of aryl methyl sites for hydroxylation is 1. The third kappa shape index (κ3) is 5.14. The highest BCUT2D eigenvalue weighted by atomic mass is 16.5. The maximum Gasteiger partial charge on any atom is 0.248 e. The van der Waals surface area contributed by atoms with E-state index in [0.717, 1.165) is 38.9 Å². The third-order valence-corrected chi connectivity index (χ3v) is 4.02. The van der Waals surface area contributed by atoms with Gasteiger partial charge in [-0.15, -0.1) is 0 Å². The van der Waals surface area contributed by atoms with Crippen LogP contribution in [-0.2, 0) is 16.0 Å². The van der Waals surface area contributed by atoms with Crippen molar-refractivity contribution in [2.45, 2.75) is 31.8 Å². The molecule has 0 aliphatic carbocycles. The summed E-state index contributed by atoms with van der Waals surface area (Å²) in [5.41, 5.74) is 1.21. The molecule has 1 heterocycles. The lowest BCUT2D eigenvalue weighted by atomic mass is 10.0. The average molecular weight is 290 g/mol. The molecule has 0 unspecified atom stereocenters. The van der Waals surface area contributed by atoms with Gasteiger partial charge in [-0.1, -0.05) is 30.3 Å². The number of nitrogens with one attached hydrogen (secondary N) is 1. The number of benzene rings is 1. The van der Waals surface area contributed by atoms with Gasteiger partial charge in [0.15, 0.2) is 0 Å². The fourth-order valence-electron chi connectivity index (χ4n) is 2.37. The highest BCUT2D eigenvalue weighted by Gasteiger charge is 2.33. The van der Waals surface area contributed by atoms with Crippen LogP contribution in [0.2, 0.25) is 0 Å². The van der Waals surface area contributed by atoms with Gasteiger partial charge in [-0.2, -0.15) is 0 Å². The summed E-state index contributed by atoms with van der Waals surface area (Å²) < 4.78 is 5.67. The second-order valence-corrected chi connectivity index (χ2v) is 6.10. The van der Waals surface area contributed by atoms with E-state index in [1.807, 2.05) is 20.0 Å². The highest BCUT2D eigenvalue weighted by molar-refractivity contribution is 5.77. The van der Waals surface area contributed by atoms with Gasteiger partial charge in [-0.05, 0) is 31.7 Å². The molecule has 0 spiro atoms. The number of hydrogen-bond donors (Lipinski definition) is 1. The first kappa shape index (κ1) is 16.0. The minimum atomic E-state index is -0.149. The van der Waals surface area contributed by atoms with Crippen LogP contribution in [-0.4, -0.2) is 49.7 Å². The molecule has 0 atom stereocenters. The first-order chi connectivity index (χ1) is 10.1. The van der Waals surface area contributed by atoms with Crippen LogP contribution in [0.1, 0.15) is 25.3 Å². The van der Waals surface area contributed by atoms with Crippen LogP contribution in [0.3, 0.4) is 0 Å². The van der Waals surface area contributed by atoms with Crippen LogP contribution >= 0.6 is 0 Å². The third-order valence-electron chi connectivity index (χ3n) is 4.02. The van der Waals surface area contributed by atoms with Crippen LogP contribution in [0.15, 0.2) is 30.3 Å². The van der Waals surface area contributed by atoms with Crippen LogP contribution in [0, 0.1) is 0 Å². The number of unbranched alkanes of at least 4 members (excludes halogenated alkanes) is 1. The second kappa shape index (κ2) is 7.57. The normalized spacial score (nSPS) is 16.3. The van der Waals surface area contributed by atoms with Crippen molar-refractivity contribution >= 4 is 5.91 Å². The van der Waals surface area contributed by atoms with E-state index in [9.17, 15) is 4.79 Å². The van der Waals surface area contributed by atoms with Crippen molar-refractivity contribution in [2.75, 3.05) is 33.3 Å². The molecule has 1 aromatic carbocycles. The molecule has 1 aliphatic rings. The van der Waals surface area contributed by atoms with Crippen LogP contribution in [0.25, 0.3) is 0 Å². The van der Waals surface area contributed by atoms with E-state index in [4.69, 9.17) is 4.74 Å². The second-order valence-electron chi connectivity index (χ2n) is 6.10. The van der Waals surface area contributed by atoms with Gasteiger partial charge in [0.05, 0.1) is 5.60 Å². The molecule has 0 radical (unpaired) electrons. The van der Waals surface area contributed by atoms with E-state index in [0.29, 0.717) is 0 Å². The molecule has 0 aromatic heterocycles. The largest absolute Gasteiger partial charge is 0.363 e. The molecule has 2 rings (SSSR count). The molecule has 4 nitrogen and oxygen atoms in total. The maximum absolute atomic E-state index is 12.0. The molecule has 1 fully saturated rings. The number of hydrogen-bond acceptors (Lipinski definition) is 3. The molecule has 1 N–H and O–H groups in total. The Morgan fingerprint density at radius 1 is 1.29 bits per heavy atom. The van der Waals surface area contributed by atoms with Crippen molar-refractivity contribution in [1.82, 2.24) is 10.2 Å². The van der Waals surface area contributed by atoms with Gasteiger partial charge in [-0.3, -0.25) is 4.79 Å². The van der Waals surface area contributed by atoms with E-state index in [1.54, 1.807) is 4.90 Å². The summed E-state index contributed by atoms with van der Waals surface area (Å²) in [6, 6.07) is 10.5. The Balaban J connectivity index is 1.58. The summed E-state index contributed by atoms with van der Waals surface area (Å²) in [5, 5.41) is 3.16. The minimum absolute atomic E-state index is 0.0721. The van der Waals surface area contributed by atoms with Gasteiger partial charge < -0.3 is 15.0 Å². The maximum atomic E-state index is 12.0. The molecule has 1 saturated heterocycles. The molecule has 1 aliphatic heterocycles. The first-order valence-electron chi connectivity index (χ1n) is 7.72. The Labute approximate surface area is 127 Å². The van der Waals surface area contributed by atoms with Gasteiger partial charge in [0.25, 0.3) is 0 Å². The first-order valence-corrected chi connectivity index (χ1v) is 7.72. The van der Waals surface area contributed by atoms with Gasteiger partial charge in [0.1, 0.15) is 6.61 Å². The quantitative estimate of drug-likeness (QED) is 0.743. The fraction of sp³-hybridized carbons (Fsp3) is 0.588. The summed E-state index contributed by atoms with van der Waals surface area (Å²) in [6.45, 7) is 4.69. The molecular formula is C17H26N2O2. The molecule has 21 heavy (non-hydrogen) atoms. The van der Waals surface area contributed by atoms with Gasteiger partial charge in [0, 0.05) is 26.7 Å². The summed E-state index contributed by atoms with van der Waals surface area (Å²) in [6.07, 6.45) is 3.20. The van der Waals surface area contributed by atoms with Crippen molar-refractivity contribution in [3.05, 3.63) is 35.9 Å². The van der Waals surface area contributed by atoms with E-state index >= 15 is 0 Å². The smallest absolute Gasteiger partial charge is 0.248 e. The van der Waals surface area contributed by atoms with Gasteiger partial charge in [-0.25, -0.2) is 0 Å². The molecule has 0 bridgehead atoms. The van der Waals surface area contributed by atoms with E-state index in [-0.39, 0.29) is 18.1 Å². The summed E-state index contributed by atoms with van der Waals surface area (Å²) in [5.74, 6) is 0.0721. The van der Waals surface area contributed by atoms with Crippen LogP contribution < -0.4 is 5.32 Å². The zero-order chi connectivity index (χ0) is 15.1. The Bertz CT molecular complexity index is 443. The molecule has 1 amide bonds. The van der Waals surface area contributed by atoms with Crippen molar-refractivity contribution in [3.63, 3.8) is 0 Å². The number of carbonyl (C=O) groups excluding carboxylic acids is 1. The predicted octanol–water partition coefficient (Wildman–Crippen LogP) is 1.85. The number of rotatable bonds is 8. The van der Waals surface area contributed by atoms with Crippen molar-refractivity contribution < 1.29 is 9.53 Å². The highest BCUT2D eigenvalue weighted by Crippen LogP contribution is 2.15. The number of carbonyl (C=O) groups is 1. The Kier molecular flexibility index (Phi) is 5.76. The lowest BCUT2D eigenvalue weighted by Gasteiger charge is -2.39. The average Bonchev–Trinajstić information content (AvgIpc) is 2.48. The predicted molar refractivity (Wildman–Crippen MR) is 84.2 cm³/mol. The van der Waals surface area contributed by atoms with E-state index in [2.05, 4.69) is 29.6 Å². The van der Waals surface area contributed by atoms with Crippen molar-refractivity contribution in [2.24, 2.45) is 0 Å². The van der Waals surface area contributed by atoms with Gasteiger partial charge in [0.2, 0.25) is 5.91 Å². The number of likely N-dealkylation sites (N-methyl/N-ethyl adjacent to an activating group) is 1. The Hall–Kier alpha value is -1.39. The molecule has 116 valence electrons. The molecule has 1 aromatic rings. The zero-order valence-corrected chi connectivity index (χ0v) is 13.1. The van der Waals surface area contributed by atoms with Crippen LogP contribution in [0.5, 0.6) is 0 Å². The fourth-order valence-corrected chi connectivity index (χ4v) is 2.37.